The van der Waals surface area contributed by atoms with Crippen molar-refractivity contribution >= 4 is 33.0 Å². The minimum Gasteiger partial charge on any atom is -0.481 e. The summed E-state index contributed by atoms with van der Waals surface area (Å²) in [6.07, 6.45) is 0. The molecule has 0 aliphatic carbocycles. The van der Waals surface area contributed by atoms with E-state index in [1.807, 2.05) is 6.92 Å². The quantitative estimate of drug-likeness (QED) is 0.941. The Morgan fingerprint density at radius 1 is 1.29 bits per heavy atom. The van der Waals surface area contributed by atoms with Gasteiger partial charge in [0.2, 0.25) is 0 Å². The highest BCUT2D eigenvalue weighted by atomic mass is 32.2. The molecule has 2 aromatic rings. The second-order valence-electron chi connectivity index (χ2n) is 4.85. The molecule has 0 fully saturated rings. The number of carboxylic acid groups (broad SMARTS) is 1. The number of carboxylic acids is 1. The van der Waals surface area contributed by atoms with E-state index in [-0.39, 0.29) is 10.8 Å². The number of fused-ring (bicyclic) bond motifs is 1. The van der Waals surface area contributed by atoms with Crippen LogP contribution >= 0.6 is 11.3 Å². The largest absolute Gasteiger partial charge is 0.481 e. The van der Waals surface area contributed by atoms with Gasteiger partial charge in [-0.25, -0.2) is 8.42 Å². The lowest BCUT2D eigenvalue weighted by atomic mass is 10.0. The topological polar surface area (TPSA) is 74.7 Å². The lowest BCUT2D eigenvalue weighted by molar-refractivity contribution is -0.138. The van der Waals surface area contributed by atoms with Crippen LogP contribution in [-0.2, 0) is 14.8 Å². The molecule has 2 heterocycles. The zero-order chi connectivity index (χ0) is 15.2. The van der Waals surface area contributed by atoms with Crippen molar-refractivity contribution in [2.45, 2.75) is 17.1 Å². The van der Waals surface area contributed by atoms with Crippen LogP contribution in [0.5, 0.6) is 0 Å². The van der Waals surface area contributed by atoms with Gasteiger partial charge in [-0.1, -0.05) is 18.2 Å². The number of carbonyl (C=O) groups is 1. The monoisotopic (exact) mass is 323 g/mol. The van der Waals surface area contributed by atoms with Gasteiger partial charge in [-0.15, -0.1) is 11.3 Å². The standard InChI is InChI=1S/C14H13NO4S2/c1-9-6-7-13(20-9)21(18,19)15-8-11(14(16)17)10-4-2-3-5-12(10)15/h2-7,11H,8H2,1H3,(H,16,17)/t11-/m0/s1. The molecule has 5 nitrogen and oxygen atoms in total. The molecule has 1 N–H and O–H groups in total. The maximum Gasteiger partial charge on any atom is 0.312 e. The van der Waals surface area contributed by atoms with Crippen LogP contribution in [0.2, 0.25) is 0 Å². The van der Waals surface area contributed by atoms with E-state index in [9.17, 15) is 18.3 Å². The summed E-state index contributed by atoms with van der Waals surface area (Å²) in [7, 11) is -3.71. The first kappa shape index (κ1) is 14.1. The van der Waals surface area contributed by atoms with Crippen LogP contribution in [0.1, 0.15) is 16.4 Å². The van der Waals surface area contributed by atoms with Crippen LogP contribution in [-0.4, -0.2) is 26.0 Å². The molecule has 3 rings (SSSR count). The second-order valence-corrected chi connectivity index (χ2v) is 8.23. The van der Waals surface area contributed by atoms with E-state index in [4.69, 9.17) is 0 Å². The predicted octanol–water partition coefficient (Wildman–Crippen LogP) is 2.43. The van der Waals surface area contributed by atoms with Crippen molar-refractivity contribution in [1.29, 1.82) is 0 Å². The molecule has 1 aromatic carbocycles. The third kappa shape index (κ3) is 2.22. The fraction of sp³-hybridized carbons (Fsp3) is 0.214. The Hall–Kier alpha value is -1.86. The van der Waals surface area contributed by atoms with Crippen LogP contribution in [0, 0.1) is 6.92 Å². The average molecular weight is 323 g/mol. The van der Waals surface area contributed by atoms with Crippen LogP contribution in [0.3, 0.4) is 0 Å². The third-order valence-corrected chi connectivity index (χ3v) is 6.74. The van der Waals surface area contributed by atoms with E-state index in [1.54, 1.807) is 36.4 Å². The molecule has 0 amide bonds. The Labute approximate surface area is 126 Å². The average Bonchev–Trinajstić information content (AvgIpc) is 3.02. The minimum absolute atomic E-state index is 0.0615. The second kappa shape index (κ2) is 4.85. The number of anilines is 1. The summed E-state index contributed by atoms with van der Waals surface area (Å²) in [5, 5.41) is 9.30. The lowest BCUT2D eigenvalue weighted by Crippen LogP contribution is -2.30. The predicted molar refractivity (Wildman–Crippen MR) is 80.4 cm³/mol. The molecule has 1 aliphatic heterocycles. The van der Waals surface area contributed by atoms with Gasteiger partial charge in [0.1, 0.15) is 10.1 Å². The van der Waals surface area contributed by atoms with Gasteiger partial charge in [0.25, 0.3) is 10.0 Å². The highest BCUT2D eigenvalue weighted by Crippen LogP contribution is 2.40. The van der Waals surface area contributed by atoms with Crippen molar-refractivity contribution in [3.8, 4) is 0 Å². The van der Waals surface area contributed by atoms with Gasteiger partial charge < -0.3 is 5.11 Å². The highest BCUT2D eigenvalue weighted by molar-refractivity contribution is 7.94. The summed E-state index contributed by atoms with van der Waals surface area (Å²) in [6, 6.07) is 10.1. The molecule has 21 heavy (non-hydrogen) atoms. The summed E-state index contributed by atoms with van der Waals surface area (Å²) in [4.78, 5) is 12.3. The first-order valence-electron chi connectivity index (χ1n) is 6.32. The molecule has 1 atom stereocenters. The Kier molecular flexibility index (Phi) is 3.26. The van der Waals surface area contributed by atoms with E-state index in [2.05, 4.69) is 0 Å². The molecule has 0 saturated heterocycles. The number of hydrogen-bond acceptors (Lipinski definition) is 4. The normalized spacial score (nSPS) is 17.8. The molecule has 0 unspecified atom stereocenters. The Morgan fingerprint density at radius 2 is 2.00 bits per heavy atom. The number of rotatable bonds is 3. The van der Waals surface area contributed by atoms with Gasteiger partial charge in [-0.3, -0.25) is 9.10 Å². The van der Waals surface area contributed by atoms with Crippen molar-refractivity contribution in [3.05, 3.63) is 46.8 Å². The first-order valence-corrected chi connectivity index (χ1v) is 8.58. The smallest absolute Gasteiger partial charge is 0.312 e. The van der Waals surface area contributed by atoms with Crippen molar-refractivity contribution in [2.24, 2.45) is 0 Å². The first-order chi connectivity index (χ1) is 9.91. The van der Waals surface area contributed by atoms with Crippen LogP contribution in [0.15, 0.2) is 40.6 Å². The molecule has 0 bridgehead atoms. The van der Waals surface area contributed by atoms with Crippen molar-refractivity contribution in [3.63, 3.8) is 0 Å². The Balaban J connectivity index is 2.10. The van der Waals surface area contributed by atoms with Crippen LogP contribution in [0.4, 0.5) is 5.69 Å². The van der Waals surface area contributed by atoms with E-state index in [0.717, 1.165) is 4.88 Å². The zero-order valence-electron chi connectivity index (χ0n) is 11.2. The SMILES string of the molecule is Cc1ccc(S(=O)(=O)N2C[C@H](C(=O)O)c3ccccc32)s1. The summed E-state index contributed by atoms with van der Waals surface area (Å²) >= 11 is 1.19. The fourth-order valence-corrected chi connectivity index (χ4v) is 5.37. The van der Waals surface area contributed by atoms with E-state index < -0.39 is 21.9 Å². The van der Waals surface area contributed by atoms with Gasteiger partial charge in [0, 0.05) is 4.88 Å². The lowest BCUT2D eigenvalue weighted by Gasteiger charge is -2.18. The highest BCUT2D eigenvalue weighted by Gasteiger charge is 2.40. The molecule has 0 radical (unpaired) electrons. The number of para-hydroxylation sites is 1. The number of aryl methyl sites for hydroxylation is 1. The van der Waals surface area contributed by atoms with Crippen molar-refractivity contribution < 1.29 is 18.3 Å². The molecular weight excluding hydrogens is 310 g/mol. The van der Waals surface area contributed by atoms with Crippen LogP contribution < -0.4 is 4.31 Å². The van der Waals surface area contributed by atoms with E-state index in [0.29, 0.717) is 11.3 Å². The third-order valence-electron chi connectivity index (χ3n) is 3.49. The Bertz CT molecular complexity index is 810. The molecule has 7 heteroatoms. The van der Waals surface area contributed by atoms with E-state index >= 15 is 0 Å². The number of nitrogens with zero attached hydrogens (tertiary/aromatic N) is 1. The number of benzene rings is 1. The van der Waals surface area contributed by atoms with Gasteiger partial charge in [0.15, 0.2) is 0 Å². The van der Waals surface area contributed by atoms with Gasteiger partial charge in [-0.2, -0.15) is 0 Å². The number of aliphatic carboxylic acids is 1. The fourth-order valence-electron chi connectivity index (χ4n) is 2.47. The van der Waals surface area contributed by atoms with Crippen molar-refractivity contribution in [2.75, 3.05) is 10.8 Å². The molecule has 110 valence electrons. The van der Waals surface area contributed by atoms with E-state index in [1.165, 1.54) is 15.6 Å². The molecule has 1 aromatic heterocycles. The van der Waals surface area contributed by atoms with Crippen molar-refractivity contribution in [1.82, 2.24) is 0 Å². The minimum atomic E-state index is -3.71. The molecule has 1 aliphatic rings. The number of sulfonamides is 1. The molecular formula is C14H13NO4S2. The maximum absolute atomic E-state index is 12.7. The summed E-state index contributed by atoms with van der Waals surface area (Å²) < 4.78 is 26.9. The van der Waals surface area contributed by atoms with Crippen LogP contribution in [0.25, 0.3) is 0 Å². The van der Waals surface area contributed by atoms with Gasteiger partial charge >= 0.3 is 5.97 Å². The summed E-state index contributed by atoms with van der Waals surface area (Å²) in [6.45, 7) is 1.77. The van der Waals surface area contributed by atoms with Gasteiger partial charge in [-0.05, 0) is 30.7 Å². The number of hydrogen-bond donors (Lipinski definition) is 1. The summed E-state index contributed by atoms with van der Waals surface area (Å²) in [5.74, 6) is -1.83. The number of thiophene rings is 1. The molecule has 0 saturated carbocycles. The molecule has 0 spiro atoms. The summed E-state index contributed by atoms with van der Waals surface area (Å²) in [5.41, 5.74) is 0.998. The maximum atomic E-state index is 12.7. The Morgan fingerprint density at radius 3 is 2.62 bits per heavy atom. The zero-order valence-corrected chi connectivity index (χ0v) is 12.8. The van der Waals surface area contributed by atoms with Gasteiger partial charge in [0.05, 0.1) is 12.2 Å².